The molecule has 0 aliphatic heterocycles. The Balaban J connectivity index is 3.06. The van der Waals surface area contributed by atoms with Crippen molar-refractivity contribution in [2.45, 2.75) is 38.5 Å². The standard InChI is InChI=1S/C11H24N2OS/c1-15-10-5-3-2-4-9-13-11(14)7-6-8-12/h2-10,12H2,1H3,(H,13,14). The Hall–Kier alpha value is -0.220. The molecule has 0 heterocycles. The highest BCUT2D eigenvalue weighted by Crippen LogP contribution is 2.03. The van der Waals surface area contributed by atoms with Crippen molar-refractivity contribution in [1.29, 1.82) is 0 Å². The summed E-state index contributed by atoms with van der Waals surface area (Å²) in [4.78, 5) is 11.2. The van der Waals surface area contributed by atoms with Gasteiger partial charge in [-0.1, -0.05) is 12.8 Å². The second-order valence-electron chi connectivity index (χ2n) is 3.65. The van der Waals surface area contributed by atoms with Gasteiger partial charge in [-0.2, -0.15) is 11.8 Å². The summed E-state index contributed by atoms with van der Waals surface area (Å²) < 4.78 is 0. The molecule has 0 aromatic rings. The minimum Gasteiger partial charge on any atom is -0.356 e. The van der Waals surface area contributed by atoms with E-state index in [1.807, 2.05) is 11.8 Å². The maximum Gasteiger partial charge on any atom is 0.220 e. The van der Waals surface area contributed by atoms with Gasteiger partial charge in [0.15, 0.2) is 0 Å². The van der Waals surface area contributed by atoms with Crippen molar-refractivity contribution >= 4 is 17.7 Å². The normalized spacial score (nSPS) is 10.3. The molecular formula is C11H24N2OS. The first-order valence-electron chi connectivity index (χ1n) is 5.77. The molecule has 90 valence electrons. The number of hydrogen-bond acceptors (Lipinski definition) is 3. The van der Waals surface area contributed by atoms with Gasteiger partial charge < -0.3 is 11.1 Å². The van der Waals surface area contributed by atoms with Crippen LogP contribution >= 0.6 is 11.8 Å². The summed E-state index contributed by atoms with van der Waals surface area (Å²) in [5.41, 5.74) is 5.32. The molecule has 0 rings (SSSR count). The summed E-state index contributed by atoms with van der Waals surface area (Å²) >= 11 is 1.90. The monoisotopic (exact) mass is 232 g/mol. The lowest BCUT2D eigenvalue weighted by Gasteiger charge is -2.04. The third kappa shape index (κ3) is 11.7. The molecule has 0 unspecified atom stereocenters. The van der Waals surface area contributed by atoms with Crippen LogP contribution in [0.3, 0.4) is 0 Å². The van der Waals surface area contributed by atoms with Crippen LogP contribution < -0.4 is 11.1 Å². The Bertz CT molecular complexity index is 154. The van der Waals surface area contributed by atoms with Gasteiger partial charge in [-0.15, -0.1) is 0 Å². The van der Waals surface area contributed by atoms with Crippen LogP contribution in [0.25, 0.3) is 0 Å². The number of amides is 1. The first-order chi connectivity index (χ1) is 7.31. The quantitative estimate of drug-likeness (QED) is 0.564. The van der Waals surface area contributed by atoms with Gasteiger partial charge in [-0.3, -0.25) is 4.79 Å². The van der Waals surface area contributed by atoms with E-state index in [1.165, 1.54) is 25.0 Å². The molecule has 3 nitrogen and oxygen atoms in total. The highest BCUT2D eigenvalue weighted by atomic mass is 32.2. The van der Waals surface area contributed by atoms with Crippen molar-refractivity contribution in [2.24, 2.45) is 5.73 Å². The number of carbonyl (C=O) groups excluding carboxylic acids is 1. The average Bonchev–Trinajstić information content (AvgIpc) is 2.25. The molecule has 1 amide bonds. The van der Waals surface area contributed by atoms with Crippen molar-refractivity contribution in [1.82, 2.24) is 5.32 Å². The van der Waals surface area contributed by atoms with Gasteiger partial charge in [0.1, 0.15) is 0 Å². The second kappa shape index (κ2) is 11.9. The fourth-order valence-electron chi connectivity index (χ4n) is 1.30. The van der Waals surface area contributed by atoms with E-state index in [2.05, 4.69) is 11.6 Å². The Morgan fingerprint density at radius 2 is 1.93 bits per heavy atom. The van der Waals surface area contributed by atoms with Crippen molar-refractivity contribution in [3.63, 3.8) is 0 Å². The molecule has 0 saturated heterocycles. The van der Waals surface area contributed by atoms with Gasteiger partial charge in [0.2, 0.25) is 5.91 Å². The maximum absolute atomic E-state index is 11.2. The van der Waals surface area contributed by atoms with Gasteiger partial charge >= 0.3 is 0 Å². The summed E-state index contributed by atoms with van der Waals surface area (Å²) in [5, 5.41) is 2.91. The van der Waals surface area contributed by atoms with Gasteiger partial charge in [0, 0.05) is 13.0 Å². The fourth-order valence-corrected chi connectivity index (χ4v) is 1.80. The molecule has 0 aliphatic rings. The van der Waals surface area contributed by atoms with E-state index in [1.54, 1.807) is 0 Å². The van der Waals surface area contributed by atoms with E-state index in [9.17, 15) is 4.79 Å². The van der Waals surface area contributed by atoms with Crippen LogP contribution in [0.1, 0.15) is 38.5 Å². The zero-order valence-electron chi connectivity index (χ0n) is 9.76. The summed E-state index contributed by atoms with van der Waals surface area (Å²) in [6.45, 7) is 1.42. The molecule has 0 aliphatic carbocycles. The summed E-state index contributed by atoms with van der Waals surface area (Å²) in [6.07, 6.45) is 8.39. The zero-order valence-corrected chi connectivity index (χ0v) is 10.6. The molecule has 0 saturated carbocycles. The topological polar surface area (TPSA) is 55.1 Å². The molecule has 0 radical (unpaired) electrons. The molecule has 0 atom stereocenters. The highest BCUT2D eigenvalue weighted by Gasteiger charge is 1.98. The predicted molar refractivity (Wildman–Crippen MR) is 68.1 cm³/mol. The molecule has 0 aromatic heterocycles. The van der Waals surface area contributed by atoms with Gasteiger partial charge in [0.05, 0.1) is 0 Å². The number of rotatable bonds is 10. The zero-order chi connectivity index (χ0) is 11.4. The van der Waals surface area contributed by atoms with Crippen LogP contribution in [0.2, 0.25) is 0 Å². The van der Waals surface area contributed by atoms with E-state index < -0.39 is 0 Å². The number of unbranched alkanes of at least 4 members (excludes halogenated alkanes) is 3. The second-order valence-corrected chi connectivity index (χ2v) is 4.63. The summed E-state index contributed by atoms with van der Waals surface area (Å²) in [7, 11) is 0. The van der Waals surface area contributed by atoms with Crippen molar-refractivity contribution < 1.29 is 4.79 Å². The lowest BCUT2D eigenvalue weighted by Crippen LogP contribution is -2.24. The average molecular weight is 232 g/mol. The molecule has 15 heavy (non-hydrogen) atoms. The molecule has 0 aromatic carbocycles. The lowest BCUT2D eigenvalue weighted by molar-refractivity contribution is -0.121. The smallest absolute Gasteiger partial charge is 0.220 e. The Kier molecular flexibility index (Phi) is 11.7. The minimum atomic E-state index is 0.143. The number of hydrogen-bond donors (Lipinski definition) is 2. The number of nitrogens with two attached hydrogens (primary N) is 1. The van der Waals surface area contributed by atoms with E-state index in [4.69, 9.17) is 5.73 Å². The SMILES string of the molecule is CSCCCCCCNC(=O)CCCN. The number of carbonyl (C=O) groups is 1. The molecule has 0 spiro atoms. The predicted octanol–water partition coefficient (Wildman–Crippen LogP) is 1.76. The Labute approximate surface area is 97.6 Å². The van der Waals surface area contributed by atoms with Crippen molar-refractivity contribution in [3.05, 3.63) is 0 Å². The van der Waals surface area contributed by atoms with Gasteiger partial charge in [-0.05, 0) is 37.8 Å². The molecular weight excluding hydrogens is 208 g/mol. The third-order valence-corrected chi connectivity index (χ3v) is 2.90. The van der Waals surface area contributed by atoms with E-state index in [0.29, 0.717) is 13.0 Å². The molecule has 4 heteroatoms. The first-order valence-corrected chi connectivity index (χ1v) is 7.16. The molecule has 0 fully saturated rings. The van der Waals surface area contributed by atoms with Crippen molar-refractivity contribution in [2.75, 3.05) is 25.1 Å². The third-order valence-electron chi connectivity index (χ3n) is 2.21. The van der Waals surface area contributed by atoms with Gasteiger partial charge in [0.25, 0.3) is 0 Å². The first kappa shape index (κ1) is 14.8. The van der Waals surface area contributed by atoms with E-state index >= 15 is 0 Å². The van der Waals surface area contributed by atoms with Crippen LogP contribution in [0.4, 0.5) is 0 Å². The van der Waals surface area contributed by atoms with Crippen molar-refractivity contribution in [3.8, 4) is 0 Å². The Morgan fingerprint density at radius 1 is 1.20 bits per heavy atom. The fraction of sp³-hybridized carbons (Fsp3) is 0.909. The highest BCUT2D eigenvalue weighted by molar-refractivity contribution is 7.98. The van der Waals surface area contributed by atoms with Crippen LogP contribution in [-0.2, 0) is 4.79 Å². The van der Waals surface area contributed by atoms with E-state index in [-0.39, 0.29) is 5.91 Å². The van der Waals surface area contributed by atoms with Gasteiger partial charge in [-0.25, -0.2) is 0 Å². The minimum absolute atomic E-state index is 0.143. The summed E-state index contributed by atoms with van der Waals surface area (Å²) in [6, 6.07) is 0. The molecule has 0 bridgehead atoms. The maximum atomic E-state index is 11.2. The van der Waals surface area contributed by atoms with Crippen LogP contribution in [-0.4, -0.2) is 31.0 Å². The number of nitrogens with one attached hydrogen (secondary N) is 1. The van der Waals surface area contributed by atoms with E-state index in [0.717, 1.165) is 19.4 Å². The van der Waals surface area contributed by atoms with Crippen LogP contribution in [0.5, 0.6) is 0 Å². The lowest BCUT2D eigenvalue weighted by atomic mass is 10.2. The van der Waals surface area contributed by atoms with Crippen LogP contribution in [0, 0.1) is 0 Å². The Morgan fingerprint density at radius 3 is 2.60 bits per heavy atom. The number of thioether (sulfide) groups is 1. The van der Waals surface area contributed by atoms with Crippen LogP contribution in [0.15, 0.2) is 0 Å². The molecule has 3 N–H and O–H groups in total. The largest absolute Gasteiger partial charge is 0.356 e. The summed E-state index contributed by atoms with van der Waals surface area (Å²) in [5.74, 6) is 1.40.